The number of carbonyl (C=O) groups is 1. The van der Waals surface area contributed by atoms with Gasteiger partial charge in [-0.1, -0.05) is 20.8 Å². The van der Waals surface area contributed by atoms with Gasteiger partial charge in [-0.3, -0.25) is 9.69 Å². The minimum Gasteiger partial charge on any atom is -0.484 e. The van der Waals surface area contributed by atoms with E-state index in [1.807, 2.05) is 20.8 Å². The number of hydrogen-bond donors (Lipinski definition) is 0. The van der Waals surface area contributed by atoms with Crippen molar-refractivity contribution < 1.29 is 18.3 Å². The van der Waals surface area contributed by atoms with Crippen molar-refractivity contribution in [3.63, 3.8) is 0 Å². The first kappa shape index (κ1) is 19.3. The summed E-state index contributed by atoms with van der Waals surface area (Å²) in [4.78, 5) is 16.2. The number of hydrogen-bond acceptors (Lipinski definition) is 6. The summed E-state index contributed by atoms with van der Waals surface area (Å²) in [7, 11) is 0. The zero-order valence-electron chi connectivity index (χ0n) is 15.9. The molecular weight excluding hydrogens is 351 g/mol. The molecule has 27 heavy (non-hydrogen) atoms. The van der Waals surface area contributed by atoms with Crippen LogP contribution < -0.4 is 4.74 Å². The van der Waals surface area contributed by atoms with Crippen molar-refractivity contribution in [1.29, 1.82) is 0 Å². The molecule has 0 unspecified atom stereocenters. The summed E-state index contributed by atoms with van der Waals surface area (Å²) in [6, 6.07) is 5.63. The normalized spacial score (nSPS) is 15.8. The maximum atomic E-state index is 12.9. The van der Waals surface area contributed by atoms with Crippen LogP contribution in [0.2, 0.25) is 0 Å². The van der Waals surface area contributed by atoms with E-state index in [-0.39, 0.29) is 23.7 Å². The second-order valence-electron chi connectivity index (χ2n) is 7.65. The van der Waals surface area contributed by atoms with Crippen LogP contribution in [0.3, 0.4) is 0 Å². The molecule has 1 aromatic carbocycles. The summed E-state index contributed by atoms with van der Waals surface area (Å²) >= 11 is 0. The zero-order chi connectivity index (χ0) is 19.4. The molecule has 1 aliphatic heterocycles. The van der Waals surface area contributed by atoms with Crippen molar-refractivity contribution in [2.24, 2.45) is 0 Å². The maximum absolute atomic E-state index is 12.9. The predicted octanol–water partition coefficient (Wildman–Crippen LogP) is 2.23. The topological polar surface area (TPSA) is 71.7 Å². The lowest BCUT2D eigenvalue weighted by Gasteiger charge is -2.33. The van der Waals surface area contributed by atoms with E-state index in [2.05, 4.69) is 15.1 Å². The fourth-order valence-corrected chi connectivity index (χ4v) is 2.73. The molecule has 1 aliphatic rings. The molecule has 0 atom stereocenters. The van der Waals surface area contributed by atoms with Crippen LogP contribution in [0.15, 0.2) is 28.7 Å². The highest BCUT2D eigenvalue weighted by Crippen LogP contribution is 2.21. The lowest BCUT2D eigenvalue weighted by atomic mass is 9.97. The fourth-order valence-electron chi connectivity index (χ4n) is 2.73. The van der Waals surface area contributed by atoms with Crippen LogP contribution in [-0.4, -0.2) is 58.7 Å². The van der Waals surface area contributed by atoms with Gasteiger partial charge in [0.25, 0.3) is 5.91 Å². The van der Waals surface area contributed by atoms with Crippen LogP contribution in [-0.2, 0) is 16.8 Å². The van der Waals surface area contributed by atoms with Crippen LogP contribution in [0.5, 0.6) is 5.75 Å². The Balaban J connectivity index is 1.43. The number of rotatable bonds is 5. The van der Waals surface area contributed by atoms with Crippen molar-refractivity contribution in [1.82, 2.24) is 20.0 Å². The van der Waals surface area contributed by atoms with Crippen molar-refractivity contribution in [3.8, 4) is 5.75 Å². The lowest BCUT2D eigenvalue weighted by Crippen LogP contribution is -2.49. The smallest absolute Gasteiger partial charge is 0.260 e. The molecule has 0 bridgehead atoms. The zero-order valence-corrected chi connectivity index (χ0v) is 15.9. The summed E-state index contributed by atoms with van der Waals surface area (Å²) in [6.07, 6.45) is 0. The summed E-state index contributed by atoms with van der Waals surface area (Å²) < 4.78 is 24.0. The number of piperazine rings is 1. The molecular formula is C19H25FN4O3. The minimum absolute atomic E-state index is 0.0514. The molecule has 7 nitrogen and oxygen atoms in total. The molecule has 1 aromatic heterocycles. The van der Waals surface area contributed by atoms with E-state index in [0.29, 0.717) is 37.2 Å². The minimum atomic E-state index is -0.333. The molecule has 8 heteroatoms. The first-order chi connectivity index (χ1) is 12.8. The van der Waals surface area contributed by atoms with E-state index < -0.39 is 0 Å². The van der Waals surface area contributed by atoms with Crippen LogP contribution >= 0.6 is 0 Å². The van der Waals surface area contributed by atoms with Crippen molar-refractivity contribution in [2.45, 2.75) is 32.7 Å². The third-order valence-electron chi connectivity index (χ3n) is 4.37. The molecule has 2 heterocycles. The third-order valence-corrected chi connectivity index (χ3v) is 4.37. The molecule has 0 spiro atoms. The predicted molar refractivity (Wildman–Crippen MR) is 96.8 cm³/mol. The van der Waals surface area contributed by atoms with Gasteiger partial charge in [0.05, 0.1) is 6.54 Å². The van der Waals surface area contributed by atoms with E-state index >= 15 is 0 Å². The Kier molecular flexibility index (Phi) is 5.74. The molecule has 1 saturated heterocycles. The second kappa shape index (κ2) is 8.04. The summed E-state index contributed by atoms with van der Waals surface area (Å²) in [5, 5.41) is 8.22. The van der Waals surface area contributed by atoms with Crippen molar-refractivity contribution in [2.75, 3.05) is 32.8 Å². The van der Waals surface area contributed by atoms with E-state index in [9.17, 15) is 9.18 Å². The Morgan fingerprint density at radius 3 is 2.41 bits per heavy atom. The number of carbonyl (C=O) groups excluding carboxylic acids is 1. The number of benzene rings is 1. The quantitative estimate of drug-likeness (QED) is 0.797. The standard InChI is InChI=1S/C19H25FN4O3/c1-19(2,3)18-22-21-16(27-18)12-23-8-10-24(11-9-23)17(25)13-26-15-6-4-14(20)5-7-15/h4-7H,8-13H2,1-3H3. The molecule has 2 aromatic rings. The van der Waals surface area contributed by atoms with Gasteiger partial charge in [-0.2, -0.15) is 0 Å². The van der Waals surface area contributed by atoms with Gasteiger partial charge >= 0.3 is 0 Å². The highest BCUT2D eigenvalue weighted by atomic mass is 19.1. The van der Waals surface area contributed by atoms with E-state index in [1.165, 1.54) is 24.3 Å². The molecule has 1 amide bonds. The number of ether oxygens (including phenoxy) is 1. The molecule has 0 radical (unpaired) electrons. The average molecular weight is 376 g/mol. The van der Waals surface area contributed by atoms with Crippen molar-refractivity contribution >= 4 is 5.91 Å². The summed E-state index contributed by atoms with van der Waals surface area (Å²) in [5.41, 5.74) is -0.166. The van der Waals surface area contributed by atoms with Gasteiger partial charge in [-0.15, -0.1) is 10.2 Å². The van der Waals surface area contributed by atoms with Crippen LogP contribution in [0.4, 0.5) is 4.39 Å². The highest BCUT2D eigenvalue weighted by molar-refractivity contribution is 5.77. The third kappa shape index (κ3) is 5.26. The van der Waals surface area contributed by atoms with Gasteiger partial charge in [0.1, 0.15) is 11.6 Å². The molecule has 0 saturated carbocycles. The molecule has 1 fully saturated rings. The van der Waals surface area contributed by atoms with Gasteiger partial charge in [-0.25, -0.2) is 4.39 Å². The highest BCUT2D eigenvalue weighted by Gasteiger charge is 2.25. The van der Waals surface area contributed by atoms with E-state index in [0.717, 1.165) is 13.1 Å². The average Bonchev–Trinajstić information content (AvgIpc) is 3.10. The molecule has 146 valence electrons. The molecule has 0 aliphatic carbocycles. The van der Waals surface area contributed by atoms with E-state index in [1.54, 1.807) is 4.90 Å². The number of nitrogens with zero attached hydrogens (tertiary/aromatic N) is 4. The Labute approximate surface area is 158 Å². The van der Waals surface area contributed by atoms with Crippen LogP contribution in [0.25, 0.3) is 0 Å². The van der Waals surface area contributed by atoms with Gasteiger partial charge in [-0.05, 0) is 24.3 Å². The van der Waals surface area contributed by atoms with Gasteiger partial charge < -0.3 is 14.1 Å². The molecule has 3 rings (SSSR count). The maximum Gasteiger partial charge on any atom is 0.260 e. The monoisotopic (exact) mass is 376 g/mol. The van der Waals surface area contributed by atoms with Crippen LogP contribution in [0.1, 0.15) is 32.6 Å². The Bertz CT molecular complexity index is 762. The second-order valence-corrected chi connectivity index (χ2v) is 7.65. The lowest BCUT2D eigenvalue weighted by molar-refractivity contribution is -0.135. The van der Waals surface area contributed by atoms with Gasteiger partial charge in [0, 0.05) is 31.6 Å². The Morgan fingerprint density at radius 2 is 1.81 bits per heavy atom. The summed E-state index contributed by atoms with van der Waals surface area (Å²) in [5.74, 6) is 1.30. The van der Waals surface area contributed by atoms with Gasteiger partial charge in [0.2, 0.25) is 11.8 Å². The summed E-state index contributed by atoms with van der Waals surface area (Å²) in [6.45, 7) is 9.32. The van der Waals surface area contributed by atoms with Crippen molar-refractivity contribution in [3.05, 3.63) is 41.9 Å². The van der Waals surface area contributed by atoms with E-state index in [4.69, 9.17) is 9.15 Å². The first-order valence-electron chi connectivity index (χ1n) is 9.02. The first-order valence-corrected chi connectivity index (χ1v) is 9.02. The SMILES string of the molecule is CC(C)(C)c1nnc(CN2CCN(C(=O)COc3ccc(F)cc3)CC2)o1. The fraction of sp³-hybridized carbons (Fsp3) is 0.526. The molecule has 0 N–H and O–H groups in total. The Hall–Kier alpha value is -2.48. The Morgan fingerprint density at radius 1 is 1.15 bits per heavy atom. The number of halogens is 1. The number of aromatic nitrogens is 2. The number of amides is 1. The van der Waals surface area contributed by atoms with Crippen LogP contribution in [0, 0.1) is 5.82 Å². The van der Waals surface area contributed by atoms with Gasteiger partial charge in [0.15, 0.2) is 6.61 Å². The largest absolute Gasteiger partial charge is 0.484 e.